The molecule has 21 heavy (non-hydrogen) atoms. The molecule has 7 atom stereocenters. The van der Waals surface area contributed by atoms with E-state index in [1.165, 1.54) is 51.4 Å². The number of rotatable bonds is 0. The molecule has 0 radical (unpaired) electrons. The number of carbonyl (C=O) groups is 1. The molecule has 0 saturated heterocycles. The first kappa shape index (κ1) is 15.0. The average molecular weight is 400 g/mol. The quantitative estimate of drug-likeness (QED) is 0.393. The molecule has 4 aliphatic rings. The number of ketones is 1. The van der Waals surface area contributed by atoms with E-state index < -0.39 is 0 Å². The predicted octanol–water partition coefficient (Wildman–Crippen LogP) is 5.40. The number of fused-ring (bicyclic) bond motifs is 5. The molecule has 0 N–H and O–H groups in total. The lowest BCUT2D eigenvalue weighted by Crippen LogP contribution is -2.53. The molecule has 1 nitrogen and oxygen atoms in total. The van der Waals surface area contributed by atoms with E-state index >= 15 is 0 Å². The summed E-state index contributed by atoms with van der Waals surface area (Å²) in [4.78, 5) is 12.4. The third-order valence-corrected chi connectivity index (χ3v) is 9.44. The summed E-state index contributed by atoms with van der Waals surface area (Å²) in [5.41, 5.74) is 0.655. The minimum atomic E-state index is 0.0603. The maximum atomic E-state index is 12.4. The van der Waals surface area contributed by atoms with Crippen molar-refractivity contribution in [1.82, 2.24) is 0 Å². The van der Waals surface area contributed by atoms with Crippen LogP contribution in [0.5, 0.6) is 0 Å². The predicted molar refractivity (Wildman–Crippen MR) is 94.5 cm³/mol. The maximum Gasteiger partial charge on any atom is 0.139 e. The highest BCUT2D eigenvalue weighted by atomic mass is 127. The summed E-state index contributed by atoms with van der Waals surface area (Å²) in [5, 5.41) is 0. The summed E-state index contributed by atoms with van der Waals surface area (Å²) in [6.07, 6.45) is 11.8. The number of halogens is 1. The van der Waals surface area contributed by atoms with Crippen molar-refractivity contribution in [3.05, 3.63) is 0 Å². The van der Waals surface area contributed by atoms with Crippen molar-refractivity contribution in [3.8, 4) is 0 Å². The van der Waals surface area contributed by atoms with Crippen molar-refractivity contribution in [2.75, 3.05) is 0 Å². The SMILES string of the molecule is C[C@]12CC[C@@H](I)C[C@H]1CC[C@@H]1[C@@H]2CC[C@]2(C)C(=O)CC[C@@H]12. The topological polar surface area (TPSA) is 17.1 Å². The van der Waals surface area contributed by atoms with Gasteiger partial charge in [-0.05, 0) is 80.5 Å². The highest BCUT2D eigenvalue weighted by Gasteiger charge is 2.59. The first-order chi connectivity index (χ1) is 9.95. The van der Waals surface area contributed by atoms with E-state index in [9.17, 15) is 4.79 Å². The van der Waals surface area contributed by atoms with Gasteiger partial charge >= 0.3 is 0 Å². The van der Waals surface area contributed by atoms with Gasteiger partial charge in [-0.15, -0.1) is 0 Å². The van der Waals surface area contributed by atoms with E-state index in [4.69, 9.17) is 0 Å². The van der Waals surface area contributed by atoms with Crippen LogP contribution in [0, 0.1) is 34.5 Å². The van der Waals surface area contributed by atoms with Crippen LogP contribution < -0.4 is 0 Å². The van der Waals surface area contributed by atoms with Gasteiger partial charge in [0.2, 0.25) is 0 Å². The lowest BCUT2D eigenvalue weighted by atomic mass is 9.45. The molecule has 4 rings (SSSR count). The van der Waals surface area contributed by atoms with Crippen molar-refractivity contribution < 1.29 is 4.79 Å². The molecule has 2 heteroatoms. The summed E-state index contributed by atoms with van der Waals surface area (Å²) in [7, 11) is 0. The molecule has 0 aromatic rings. The zero-order valence-electron chi connectivity index (χ0n) is 13.5. The highest BCUT2D eigenvalue weighted by molar-refractivity contribution is 14.1. The Morgan fingerprint density at radius 1 is 1.00 bits per heavy atom. The second-order valence-corrected chi connectivity index (χ2v) is 10.7. The van der Waals surface area contributed by atoms with E-state index in [2.05, 4.69) is 36.4 Å². The van der Waals surface area contributed by atoms with Gasteiger partial charge in [-0.1, -0.05) is 36.4 Å². The van der Waals surface area contributed by atoms with E-state index in [1.807, 2.05) is 0 Å². The molecular formula is C19H29IO. The summed E-state index contributed by atoms with van der Waals surface area (Å²) >= 11 is 2.69. The summed E-state index contributed by atoms with van der Waals surface area (Å²) in [6.45, 7) is 4.93. The third kappa shape index (κ3) is 2.03. The van der Waals surface area contributed by atoms with Gasteiger partial charge in [0.25, 0.3) is 0 Å². The van der Waals surface area contributed by atoms with E-state index in [-0.39, 0.29) is 5.41 Å². The zero-order chi connectivity index (χ0) is 14.8. The Labute approximate surface area is 143 Å². The lowest BCUT2D eigenvalue weighted by molar-refractivity contribution is -0.138. The first-order valence-corrected chi connectivity index (χ1v) is 10.4. The molecule has 4 fully saturated rings. The molecule has 0 bridgehead atoms. The Balaban J connectivity index is 1.64. The van der Waals surface area contributed by atoms with Gasteiger partial charge in [-0.3, -0.25) is 4.79 Å². The Bertz CT molecular complexity index is 460. The fourth-order valence-electron chi connectivity index (χ4n) is 6.98. The first-order valence-electron chi connectivity index (χ1n) is 9.12. The van der Waals surface area contributed by atoms with Crippen LogP contribution in [0.2, 0.25) is 0 Å². The molecule has 4 saturated carbocycles. The number of alkyl halides is 1. The third-order valence-electron chi connectivity index (χ3n) is 8.31. The van der Waals surface area contributed by atoms with Crippen LogP contribution in [0.15, 0.2) is 0 Å². The van der Waals surface area contributed by atoms with Crippen LogP contribution in [-0.4, -0.2) is 9.71 Å². The minimum Gasteiger partial charge on any atom is -0.299 e. The van der Waals surface area contributed by atoms with Crippen molar-refractivity contribution in [2.24, 2.45) is 34.5 Å². The van der Waals surface area contributed by atoms with Gasteiger partial charge in [0.1, 0.15) is 5.78 Å². The van der Waals surface area contributed by atoms with Gasteiger partial charge in [-0.2, -0.15) is 0 Å². The van der Waals surface area contributed by atoms with Gasteiger partial charge in [0.05, 0.1) is 0 Å². The normalized spacial score (nSPS) is 56.5. The number of hydrogen-bond acceptors (Lipinski definition) is 1. The molecule has 4 aliphatic carbocycles. The van der Waals surface area contributed by atoms with Gasteiger partial charge in [0.15, 0.2) is 0 Å². The zero-order valence-corrected chi connectivity index (χ0v) is 15.7. The number of carbonyl (C=O) groups excluding carboxylic acids is 1. The summed E-state index contributed by atoms with van der Waals surface area (Å²) < 4.78 is 0.916. The lowest BCUT2D eigenvalue weighted by Gasteiger charge is -2.60. The Hall–Kier alpha value is 0.400. The molecular weight excluding hydrogens is 371 g/mol. The Morgan fingerprint density at radius 3 is 2.62 bits per heavy atom. The largest absolute Gasteiger partial charge is 0.299 e. The molecule has 0 amide bonds. The fourth-order valence-corrected chi connectivity index (χ4v) is 7.90. The van der Waals surface area contributed by atoms with Crippen LogP contribution in [0.3, 0.4) is 0 Å². The molecule has 0 spiro atoms. The van der Waals surface area contributed by atoms with Gasteiger partial charge in [-0.25, -0.2) is 0 Å². The smallest absolute Gasteiger partial charge is 0.139 e. The minimum absolute atomic E-state index is 0.0603. The monoisotopic (exact) mass is 400 g/mol. The van der Waals surface area contributed by atoms with Crippen LogP contribution in [0.1, 0.15) is 71.6 Å². The molecule has 0 unspecified atom stereocenters. The van der Waals surface area contributed by atoms with Crippen molar-refractivity contribution in [1.29, 1.82) is 0 Å². The number of Topliss-reactive ketones (excluding diaryl/α,β-unsaturated/α-hetero) is 1. The maximum absolute atomic E-state index is 12.4. The molecule has 0 heterocycles. The van der Waals surface area contributed by atoms with Gasteiger partial charge in [0, 0.05) is 15.8 Å². The van der Waals surface area contributed by atoms with Crippen LogP contribution >= 0.6 is 22.6 Å². The van der Waals surface area contributed by atoms with Crippen LogP contribution in [-0.2, 0) is 4.79 Å². The molecule has 118 valence electrons. The molecule has 0 aromatic carbocycles. The second-order valence-electron chi connectivity index (χ2n) is 8.95. The van der Waals surface area contributed by atoms with E-state index in [0.29, 0.717) is 11.2 Å². The van der Waals surface area contributed by atoms with Crippen LogP contribution in [0.4, 0.5) is 0 Å². The van der Waals surface area contributed by atoms with Crippen LogP contribution in [0.25, 0.3) is 0 Å². The summed E-state index contributed by atoms with van der Waals surface area (Å²) in [5.74, 6) is 4.07. The summed E-state index contributed by atoms with van der Waals surface area (Å²) in [6, 6.07) is 0. The van der Waals surface area contributed by atoms with E-state index in [0.717, 1.165) is 34.0 Å². The molecule has 0 aliphatic heterocycles. The second kappa shape index (κ2) is 4.95. The standard InChI is InChI=1S/C19H29IO/c1-18-9-7-13(20)11-12(18)3-4-14-15-5-6-17(21)19(15,2)10-8-16(14)18/h12-16H,3-11H2,1-2H3/t12-,13-,14+,15+,16+,18+,19+/m1/s1. The Morgan fingerprint density at radius 2 is 1.81 bits per heavy atom. The number of hydrogen-bond donors (Lipinski definition) is 0. The molecule has 0 aromatic heterocycles. The van der Waals surface area contributed by atoms with Crippen molar-refractivity contribution >= 4 is 28.4 Å². The fraction of sp³-hybridized carbons (Fsp3) is 0.947. The highest BCUT2D eigenvalue weighted by Crippen LogP contribution is 2.65. The van der Waals surface area contributed by atoms with Gasteiger partial charge < -0.3 is 0 Å². The van der Waals surface area contributed by atoms with E-state index in [1.54, 1.807) is 0 Å². The van der Waals surface area contributed by atoms with Crippen molar-refractivity contribution in [3.63, 3.8) is 0 Å². The van der Waals surface area contributed by atoms with Crippen molar-refractivity contribution in [2.45, 2.75) is 75.6 Å². The average Bonchev–Trinajstić information content (AvgIpc) is 2.76. The Kier molecular flexibility index (Phi) is 3.52.